The van der Waals surface area contributed by atoms with Crippen LogP contribution >= 0.6 is 24.8 Å². The lowest BCUT2D eigenvalue weighted by Gasteiger charge is -2.20. The molecule has 0 spiro atoms. The van der Waals surface area contributed by atoms with Gasteiger partial charge >= 0.3 is 0 Å². The zero-order valence-corrected chi connectivity index (χ0v) is 13.7. The number of hydrogen-bond donors (Lipinski definition) is 2. The molecule has 1 unspecified atom stereocenters. The second-order valence-corrected chi connectivity index (χ2v) is 5.11. The van der Waals surface area contributed by atoms with Crippen LogP contribution in [0.2, 0.25) is 0 Å². The second-order valence-electron chi connectivity index (χ2n) is 5.11. The van der Waals surface area contributed by atoms with Crippen molar-refractivity contribution in [2.45, 2.75) is 26.1 Å². The van der Waals surface area contributed by atoms with Gasteiger partial charge in [-0.25, -0.2) is 0 Å². The quantitative estimate of drug-likeness (QED) is 0.889. The van der Waals surface area contributed by atoms with Gasteiger partial charge in [0.25, 0.3) is 5.91 Å². The van der Waals surface area contributed by atoms with Crippen molar-refractivity contribution in [1.82, 2.24) is 15.5 Å². The second kappa shape index (κ2) is 8.47. The normalized spacial score (nSPS) is 14.0. The number of benzene rings is 1. The third kappa shape index (κ3) is 4.63. The molecule has 0 saturated heterocycles. The van der Waals surface area contributed by atoms with E-state index in [2.05, 4.69) is 22.5 Å². The first-order valence-electron chi connectivity index (χ1n) is 6.35. The standard InChI is InChI=1S/C14H21N3O.2ClH/c1-10(17(2)3)7-16-14(18)11-4-5-12-8-15-9-13(12)6-11;;/h4-6,10,15H,7-9H2,1-3H3,(H,16,18);2*1H. The van der Waals surface area contributed by atoms with Gasteiger partial charge in [0.05, 0.1) is 0 Å². The maximum absolute atomic E-state index is 12.0. The number of fused-ring (bicyclic) bond motifs is 1. The fraction of sp³-hybridized carbons (Fsp3) is 0.500. The van der Waals surface area contributed by atoms with E-state index in [4.69, 9.17) is 0 Å². The van der Waals surface area contributed by atoms with E-state index in [9.17, 15) is 4.79 Å². The first-order chi connectivity index (χ1) is 8.58. The Morgan fingerprint density at radius 3 is 2.60 bits per heavy atom. The molecule has 1 aromatic carbocycles. The molecule has 1 atom stereocenters. The van der Waals surface area contributed by atoms with Gasteiger partial charge in [-0.3, -0.25) is 4.79 Å². The first kappa shape index (κ1) is 19.2. The molecule has 0 aromatic heterocycles. The smallest absolute Gasteiger partial charge is 0.251 e. The highest BCUT2D eigenvalue weighted by molar-refractivity contribution is 5.94. The van der Waals surface area contributed by atoms with Crippen LogP contribution in [0.25, 0.3) is 0 Å². The van der Waals surface area contributed by atoms with Crippen LogP contribution < -0.4 is 10.6 Å². The molecule has 0 saturated carbocycles. The van der Waals surface area contributed by atoms with Crippen LogP contribution in [0, 0.1) is 0 Å². The van der Waals surface area contributed by atoms with Crippen LogP contribution in [0.4, 0.5) is 0 Å². The topological polar surface area (TPSA) is 44.4 Å². The molecule has 20 heavy (non-hydrogen) atoms. The number of nitrogens with one attached hydrogen (secondary N) is 2. The van der Waals surface area contributed by atoms with E-state index in [0.29, 0.717) is 12.6 Å². The van der Waals surface area contributed by atoms with E-state index >= 15 is 0 Å². The number of halogens is 2. The van der Waals surface area contributed by atoms with Crippen molar-refractivity contribution >= 4 is 30.7 Å². The lowest BCUT2D eigenvalue weighted by Crippen LogP contribution is -2.38. The van der Waals surface area contributed by atoms with Gasteiger partial charge in [0.15, 0.2) is 0 Å². The molecule has 1 aliphatic rings. The monoisotopic (exact) mass is 319 g/mol. The predicted molar refractivity (Wildman–Crippen MR) is 87.0 cm³/mol. The Kier molecular flexibility index (Phi) is 8.13. The minimum atomic E-state index is 0. The molecule has 1 aromatic rings. The average Bonchev–Trinajstić information content (AvgIpc) is 2.82. The fourth-order valence-corrected chi connectivity index (χ4v) is 1.96. The molecule has 4 nitrogen and oxygen atoms in total. The van der Waals surface area contributed by atoms with Crippen molar-refractivity contribution in [3.8, 4) is 0 Å². The van der Waals surface area contributed by atoms with Crippen molar-refractivity contribution in [2.24, 2.45) is 0 Å². The van der Waals surface area contributed by atoms with Crippen LogP contribution in [-0.2, 0) is 13.1 Å². The maximum atomic E-state index is 12.0. The molecule has 1 aliphatic heterocycles. The SMILES string of the molecule is CC(CNC(=O)c1ccc2c(c1)CNC2)N(C)C.Cl.Cl. The average molecular weight is 320 g/mol. The van der Waals surface area contributed by atoms with E-state index < -0.39 is 0 Å². The summed E-state index contributed by atoms with van der Waals surface area (Å²) in [5, 5.41) is 6.25. The summed E-state index contributed by atoms with van der Waals surface area (Å²) < 4.78 is 0. The Hall–Kier alpha value is -0.810. The van der Waals surface area contributed by atoms with Crippen LogP contribution in [0.15, 0.2) is 18.2 Å². The molecule has 1 amide bonds. The zero-order chi connectivity index (χ0) is 13.1. The highest BCUT2D eigenvalue weighted by atomic mass is 35.5. The maximum Gasteiger partial charge on any atom is 0.251 e. The number of hydrogen-bond acceptors (Lipinski definition) is 3. The van der Waals surface area contributed by atoms with Crippen LogP contribution in [0.5, 0.6) is 0 Å². The van der Waals surface area contributed by atoms with E-state index in [0.717, 1.165) is 18.7 Å². The molecule has 2 rings (SSSR count). The van der Waals surface area contributed by atoms with Crippen molar-refractivity contribution in [3.05, 3.63) is 34.9 Å². The van der Waals surface area contributed by atoms with Crippen LogP contribution in [-0.4, -0.2) is 37.5 Å². The van der Waals surface area contributed by atoms with Crippen molar-refractivity contribution in [3.63, 3.8) is 0 Å². The number of carbonyl (C=O) groups is 1. The highest BCUT2D eigenvalue weighted by Crippen LogP contribution is 2.16. The molecule has 0 aliphatic carbocycles. The summed E-state index contributed by atoms with van der Waals surface area (Å²) in [6.07, 6.45) is 0. The third-order valence-corrected chi connectivity index (χ3v) is 3.54. The lowest BCUT2D eigenvalue weighted by atomic mass is 10.1. The number of nitrogens with zero attached hydrogens (tertiary/aromatic N) is 1. The molecule has 6 heteroatoms. The number of carbonyl (C=O) groups excluding carboxylic acids is 1. The van der Waals surface area contributed by atoms with Gasteiger partial charge in [0, 0.05) is 31.2 Å². The van der Waals surface area contributed by atoms with Gasteiger partial charge in [-0.1, -0.05) is 6.07 Å². The minimum Gasteiger partial charge on any atom is -0.350 e. The summed E-state index contributed by atoms with van der Waals surface area (Å²) in [4.78, 5) is 14.1. The fourth-order valence-electron chi connectivity index (χ4n) is 1.96. The molecular weight excluding hydrogens is 297 g/mol. The van der Waals surface area contributed by atoms with Gasteiger partial charge in [-0.2, -0.15) is 0 Å². The van der Waals surface area contributed by atoms with Crippen LogP contribution in [0.1, 0.15) is 28.4 Å². The Bertz CT molecular complexity index is 452. The molecule has 1 heterocycles. The Balaban J connectivity index is 0.00000180. The number of rotatable bonds is 4. The van der Waals surface area contributed by atoms with Gasteiger partial charge in [0.2, 0.25) is 0 Å². The molecule has 114 valence electrons. The number of amides is 1. The summed E-state index contributed by atoms with van der Waals surface area (Å²) in [7, 11) is 4.02. The zero-order valence-electron chi connectivity index (χ0n) is 12.1. The molecule has 0 bridgehead atoms. The Labute approximate surface area is 133 Å². The van der Waals surface area contributed by atoms with Gasteiger partial charge < -0.3 is 15.5 Å². The van der Waals surface area contributed by atoms with Crippen LogP contribution in [0.3, 0.4) is 0 Å². The molecule has 2 N–H and O–H groups in total. The predicted octanol–water partition coefficient (Wildman–Crippen LogP) is 1.81. The lowest BCUT2D eigenvalue weighted by molar-refractivity contribution is 0.0943. The Morgan fingerprint density at radius 2 is 1.95 bits per heavy atom. The van der Waals surface area contributed by atoms with Gasteiger partial charge in [0.1, 0.15) is 0 Å². The highest BCUT2D eigenvalue weighted by Gasteiger charge is 2.14. The minimum absolute atomic E-state index is 0. The van der Waals surface area contributed by atoms with Gasteiger partial charge in [-0.15, -0.1) is 24.8 Å². The first-order valence-corrected chi connectivity index (χ1v) is 6.35. The summed E-state index contributed by atoms with van der Waals surface area (Å²) in [5.41, 5.74) is 3.29. The van der Waals surface area contributed by atoms with E-state index in [1.165, 1.54) is 11.1 Å². The van der Waals surface area contributed by atoms with E-state index in [1.807, 2.05) is 32.3 Å². The Morgan fingerprint density at radius 1 is 1.30 bits per heavy atom. The summed E-state index contributed by atoms with van der Waals surface area (Å²) in [5.74, 6) is 0.0124. The molecular formula is C14H23Cl2N3O. The summed E-state index contributed by atoms with van der Waals surface area (Å²) in [6, 6.07) is 6.27. The third-order valence-electron chi connectivity index (χ3n) is 3.54. The van der Waals surface area contributed by atoms with Crippen molar-refractivity contribution in [2.75, 3.05) is 20.6 Å². The largest absolute Gasteiger partial charge is 0.350 e. The van der Waals surface area contributed by atoms with Crippen molar-refractivity contribution < 1.29 is 4.79 Å². The van der Waals surface area contributed by atoms with E-state index in [1.54, 1.807) is 0 Å². The summed E-state index contributed by atoms with van der Waals surface area (Å²) >= 11 is 0. The van der Waals surface area contributed by atoms with Crippen molar-refractivity contribution in [1.29, 1.82) is 0 Å². The van der Waals surface area contributed by atoms with E-state index in [-0.39, 0.29) is 30.7 Å². The number of likely N-dealkylation sites (N-methyl/N-ethyl adjacent to an activating group) is 1. The summed E-state index contributed by atoms with van der Waals surface area (Å²) in [6.45, 7) is 4.54. The molecule has 0 fully saturated rings. The van der Waals surface area contributed by atoms with Gasteiger partial charge in [-0.05, 0) is 44.3 Å². The molecule has 0 radical (unpaired) electrons.